The fourth-order valence-corrected chi connectivity index (χ4v) is 2.45. The molecule has 0 radical (unpaired) electrons. The van der Waals surface area contributed by atoms with E-state index in [4.69, 9.17) is 4.74 Å². The van der Waals surface area contributed by atoms with Crippen LogP contribution in [0.2, 0.25) is 0 Å². The Hall–Kier alpha value is -1.98. The number of benzene rings is 1. The van der Waals surface area contributed by atoms with Gasteiger partial charge in [-0.2, -0.15) is 0 Å². The molecule has 0 spiro atoms. The van der Waals surface area contributed by atoms with Gasteiger partial charge in [0.2, 0.25) is 0 Å². The van der Waals surface area contributed by atoms with E-state index in [0.29, 0.717) is 5.69 Å². The molecule has 0 fully saturated rings. The van der Waals surface area contributed by atoms with Crippen molar-refractivity contribution in [3.63, 3.8) is 0 Å². The molecule has 0 heterocycles. The summed E-state index contributed by atoms with van der Waals surface area (Å²) in [5.74, 6) is -5.23. The van der Waals surface area contributed by atoms with E-state index in [1.807, 2.05) is 0 Å². The number of esters is 1. The van der Waals surface area contributed by atoms with E-state index in [9.17, 15) is 18.0 Å². The second-order valence-electron chi connectivity index (χ2n) is 5.16. The minimum atomic E-state index is -3.11. The smallest absolute Gasteiger partial charge is 0.311 e. The van der Waals surface area contributed by atoms with Gasteiger partial charge in [0, 0.05) is 12.1 Å². The van der Waals surface area contributed by atoms with Gasteiger partial charge in [0.05, 0.1) is 12.5 Å². The van der Waals surface area contributed by atoms with Crippen molar-refractivity contribution in [2.24, 2.45) is 5.92 Å². The van der Waals surface area contributed by atoms with E-state index in [1.165, 1.54) is 30.3 Å². The lowest BCUT2D eigenvalue weighted by molar-refractivity contribution is -0.152. The van der Waals surface area contributed by atoms with Gasteiger partial charge in [0.1, 0.15) is 11.9 Å². The van der Waals surface area contributed by atoms with Crippen LogP contribution in [0.4, 0.5) is 18.9 Å². The van der Waals surface area contributed by atoms with Gasteiger partial charge in [-0.3, -0.25) is 4.79 Å². The Balaban J connectivity index is 2.26. The highest BCUT2D eigenvalue weighted by molar-refractivity contribution is 5.74. The standard InChI is InChI=1S/C16H18F3NO2/c1-2-22-15(21)13-5-3-4-10-16(18,19)14(13)20-12-8-6-11(17)7-9-12/h3-4,6-9,13-14,20H,2,5,10H2,1H3/t13-,14-/m0/s1. The number of ether oxygens (including phenoxy) is 1. The van der Waals surface area contributed by atoms with Gasteiger partial charge in [-0.1, -0.05) is 12.2 Å². The monoisotopic (exact) mass is 313 g/mol. The molecule has 6 heteroatoms. The Morgan fingerprint density at radius 1 is 1.32 bits per heavy atom. The summed E-state index contributed by atoms with van der Waals surface area (Å²) in [5.41, 5.74) is 0.335. The summed E-state index contributed by atoms with van der Waals surface area (Å²) >= 11 is 0. The van der Waals surface area contributed by atoms with E-state index in [2.05, 4.69) is 5.32 Å². The first-order valence-corrected chi connectivity index (χ1v) is 7.15. The number of carbonyl (C=O) groups excluding carboxylic acids is 1. The second kappa shape index (κ2) is 6.85. The fourth-order valence-electron chi connectivity index (χ4n) is 2.45. The van der Waals surface area contributed by atoms with Gasteiger partial charge in [-0.05, 0) is 37.6 Å². The summed E-state index contributed by atoms with van der Waals surface area (Å²) in [6, 6.07) is 3.67. The maximum Gasteiger partial charge on any atom is 0.311 e. The number of hydrogen-bond acceptors (Lipinski definition) is 3. The van der Waals surface area contributed by atoms with Crippen molar-refractivity contribution in [3.05, 3.63) is 42.2 Å². The summed E-state index contributed by atoms with van der Waals surface area (Å²) in [7, 11) is 0. The van der Waals surface area contributed by atoms with Crippen molar-refractivity contribution in [2.75, 3.05) is 11.9 Å². The fraction of sp³-hybridized carbons (Fsp3) is 0.438. The van der Waals surface area contributed by atoms with Crippen molar-refractivity contribution in [1.82, 2.24) is 0 Å². The number of allylic oxidation sites excluding steroid dienone is 2. The molecule has 0 saturated carbocycles. The third kappa shape index (κ3) is 3.81. The van der Waals surface area contributed by atoms with Gasteiger partial charge in [0.15, 0.2) is 0 Å². The van der Waals surface area contributed by atoms with Crippen molar-refractivity contribution in [2.45, 2.75) is 31.7 Å². The Labute approximate surface area is 127 Å². The second-order valence-corrected chi connectivity index (χ2v) is 5.16. The lowest BCUT2D eigenvalue weighted by Gasteiger charge is -2.31. The molecule has 120 valence electrons. The summed E-state index contributed by atoms with van der Waals surface area (Å²) in [5, 5.41) is 2.67. The molecule has 3 nitrogen and oxygen atoms in total. The third-order valence-corrected chi connectivity index (χ3v) is 3.56. The van der Waals surface area contributed by atoms with Crippen molar-refractivity contribution in [3.8, 4) is 0 Å². The van der Waals surface area contributed by atoms with Gasteiger partial charge in [0.25, 0.3) is 5.92 Å². The number of nitrogens with one attached hydrogen (secondary N) is 1. The zero-order valence-electron chi connectivity index (χ0n) is 12.2. The molecule has 22 heavy (non-hydrogen) atoms. The molecule has 1 aliphatic rings. The highest BCUT2D eigenvalue weighted by atomic mass is 19.3. The molecule has 2 atom stereocenters. The molecule has 1 aromatic carbocycles. The normalized spacial score (nSPS) is 23.6. The summed E-state index contributed by atoms with van der Waals surface area (Å²) in [6.07, 6.45) is 2.66. The molecule has 1 aromatic rings. The summed E-state index contributed by atoms with van der Waals surface area (Å²) in [6.45, 7) is 1.76. The molecular weight excluding hydrogens is 295 g/mol. The SMILES string of the molecule is CCOC(=O)[C@H]1CC=CCC(F)(F)[C@H]1Nc1ccc(F)cc1. The van der Waals surface area contributed by atoms with E-state index in [0.717, 1.165) is 0 Å². The molecule has 0 aromatic heterocycles. The molecule has 1 N–H and O–H groups in total. The Kier molecular flexibility index (Phi) is 5.11. The Bertz CT molecular complexity index is 543. The Morgan fingerprint density at radius 2 is 2.00 bits per heavy atom. The first kappa shape index (κ1) is 16.4. The first-order valence-electron chi connectivity index (χ1n) is 7.15. The zero-order chi connectivity index (χ0) is 16.2. The van der Waals surface area contributed by atoms with Gasteiger partial charge in [-0.15, -0.1) is 0 Å². The maximum absolute atomic E-state index is 14.3. The maximum atomic E-state index is 14.3. The zero-order valence-corrected chi connectivity index (χ0v) is 12.2. The van der Waals surface area contributed by atoms with Crippen LogP contribution in [0.15, 0.2) is 36.4 Å². The summed E-state index contributed by atoms with van der Waals surface area (Å²) in [4.78, 5) is 12.0. The van der Waals surface area contributed by atoms with Crippen LogP contribution in [0, 0.1) is 11.7 Å². The molecule has 2 rings (SSSR count). The molecule has 0 bridgehead atoms. The van der Waals surface area contributed by atoms with E-state index in [1.54, 1.807) is 13.0 Å². The average Bonchev–Trinajstić information content (AvgIpc) is 2.61. The molecule has 0 saturated heterocycles. The van der Waals surface area contributed by atoms with Crippen LogP contribution in [0.1, 0.15) is 19.8 Å². The van der Waals surface area contributed by atoms with E-state index >= 15 is 0 Å². The highest BCUT2D eigenvalue weighted by Gasteiger charge is 2.47. The van der Waals surface area contributed by atoms with Crippen LogP contribution >= 0.6 is 0 Å². The van der Waals surface area contributed by atoms with Crippen molar-refractivity contribution in [1.29, 1.82) is 0 Å². The van der Waals surface area contributed by atoms with E-state index in [-0.39, 0.29) is 13.0 Å². The van der Waals surface area contributed by atoms with Crippen LogP contribution < -0.4 is 5.32 Å². The Morgan fingerprint density at radius 3 is 2.64 bits per heavy atom. The molecular formula is C16H18F3NO2. The number of alkyl halides is 2. The predicted molar refractivity (Wildman–Crippen MR) is 77.3 cm³/mol. The highest BCUT2D eigenvalue weighted by Crippen LogP contribution is 2.35. The summed E-state index contributed by atoms with van der Waals surface area (Å²) < 4.78 is 46.5. The largest absolute Gasteiger partial charge is 0.466 e. The quantitative estimate of drug-likeness (QED) is 0.679. The molecule has 0 amide bonds. The van der Waals surface area contributed by atoms with Crippen LogP contribution in [0.3, 0.4) is 0 Å². The van der Waals surface area contributed by atoms with Gasteiger partial charge >= 0.3 is 5.97 Å². The van der Waals surface area contributed by atoms with Crippen LogP contribution in [0.25, 0.3) is 0 Å². The minimum absolute atomic E-state index is 0.133. The molecule has 0 unspecified atom stereocenters. The number of rotatable bonds is 4. The number of hydrogen-bond donors (Lipinski definition) is 1. The van der Waals surface area contributed by atoms with Crippen LogP contribution in [-0.4, -0.2) is 24.5 Å². The van der Waals surface area contributed by atoms with Crippen LogP contribution in [0.5, 0.6) is 0 Å². The predicted octanol–water partition coefficient (Wildman–Crippen LogP) is 3.77. The third-order valence-electron chi connectivity index (χ3n) is 3.56. The first-order chi connectivity index (χ1) is 10.4. The van der Waals surface area contributed by atoms with Crippen molar-refractivity contribution < 1.29 is 22.7 Å². The number of carbonyl (C=O) groups is 1. The van der Waals surface area contributed by atoms with Crippen molar-refractivity contribution >= 4 is 11.7 Å². The minimum Gasteiger partial charge on any atom is -0.466 e. The number of anilines is 1. The lowest BCUT2D eigenvalue weighted by atomic mass is 9.91. The molecule has 0 aliphatic heterocycles. The van der Waals surface area contributed by atoms with E-state index < -0.39 is 36.1 Å². The lowest BCUT2D eigenvalue weighted by Crippen LogP contribution is -2.47. The average molecular weight is 313 g/mol. The number of halogens is 3. The van der Waals surface area contributed by atoms with Gasteiger partial charge in [-0.25, -0.2) is 13.2 Å². The van der Waals surface area contributed by atoms with Gasteiger partial charge < -0.3 is 10.1 Å². The molecule has 1 aliphatic carbocycles. The topological polar surface area (TPSA) is 38.3 Å². The van der Waals surface area contributed by atoms with Crippen LogP contribution in [-0.2, 0) is 9.53 Å².